The molecule has 0 N–H and O–H groups in total. The van der Waals surface area contributed by atoms with Crippen LogP contribution in [0.5, 0.6) is 0 Å². The van der Waals surface area contributed by atoms with E-state index < -0.39 is 11.6 Å². The fourth-order valence-electron chi connectivity index (χ4n) is 1.91. The molecule has 0 aromatic heterocycles. The minimum Gasteiger partial charge on any atom is -0.342 e. The molecule has 0 saturated carbocycles. The summed E-state index contributed by atoms with van der Waals surface area (Å²) in [6.45, 7) is 1.50. The minimum atomic E-state index is -0.646. The third kappa shape index (κ3) is 2.38. The summed E-state index contributed by atoms with van der Waals surface area (Å²) in [5.74, 6) is -1.34. The number of hydrogen-bond donors (Lipinski definition) is 0. The number of rotatable bonds is 2. The summed E-state index contributed by atoms with van der Waals surface area (Å²) in [5.41, 5.74) is 0.262. The third-order valence-corrected chi connectivity index (χ3v) is 2.82. The van der Waals surface area contributed by atoms with Crippen LogP contribution in [0.15, 0.2) is 18.2 Å². The second-order valence-corrected chi connectivity index (χ2v) is 4.00. The molecule has 2 rings (SSSR count). The fourth-order valence-corrected chi connectivity index (χ4v) is 1.91. The van der Waals surface area contributed by atoms with E-state index in [1.807, 2.05) is 0 Å². The summed E-state index contributed by atoms with van der Waals surface area (Å²) < 4.78 is 25.9. The van der Waals surface area contributed by atoms with Crippen molar-refractivity contribution in [2.75, 3.05) is 13.1 Å². The maximum Gasteiger partial charge on any atom is 0.227 e. The van der Waals surface area contributed by atoms with Crippen molar-refractivity contribution in [1.29, 1.82) is 0 Å². The number of nitrogens with zero attached hydrogens (tertiary/aromatic N) is 1. The van der Waals surface area contributed by atoms with Crippen molar-refractivity contribution in [3.63, 3.8) is 0 Å². The summed E-state index contributed by atoms with van der Waals surface area (Å²) in [6, 6.07) is 3.32. The highest BCUT2D eigenvalue weighted by molar-refractivity contribution is 5.79. The van der Waals surface area contributed by atoms with Gasteiger partial charge in [0.05, 0.1) is 6.42 Å². The molecule has 4 heteroatoms. The Kier molecular flexibility index (Phi) is 3.17. The van der Waals surface area contributed by atoms with Crippen LogP contribution < -0.4 is 0 Å². The van der Waals surface area contributed by atoms with E-state index >= 15 is 0 Å². The number of carbonyl (C=O) groups excluding carboxylic acids is 1. The maximum absolute atomic E-state index is 13.3. The standard InChI is InChI=1S/C12H13F2NO/c13-10-4-3-9(11(14)8-10)7-12(16)15-5-1-2-6-15/h3-4,8H,1-2,5-7H2. The SMILES string of the molecule is O=C(Cc1ccc(F)cc1F)N1CCCC1. The van der Waals surface area contributed by atoms with Gasteiger partial charge in [-0.1, -0.05) is 6.07 Å². The van der Waals surface area contributed by atoms with Gasteiger partial charge in [0.25, 0.3) is 0 Å². The van der Waals surface area contributed by atoms with E-state index in [-0.39, 0.29) is 17.9 Å². The maximum atomic E-state index is 13.3. The zero-order valence-electron chi connectivity index (χ0n) is 8.88. The first-order valence-electron chi connectivity index (χ1n) is 5.38. The lowest BCUT2D eigenvalue weighted by Crippen LogP contribution is -2.29. The molecular formula is C12H13F2NO. The van der Waals surface area contributed by atoms with Crippen molar-refractivity contribution in [1.82, 2.24) is 4.90 Å². The molecule has 1 saturated heterocycles. The van der Waals surface area contributed by atoms with Gasteiger partial charge in [-0.15, -0.1) is 0 Å². The van der Waals surface area contributed by atoms with Crippen LogP contribution in [0.2, 0.25) is 0 Å². The molecule has 0 atom stereocenters. The molecule has 0 bridgehead atoms. The van der Waals surface area contributed by atoms with Gasteiger partial charge in [0.15, 0.2) is 0 Å². The van der Waals surface area contributed by atoms with Crippen LogP contribution in [-0.4, -0.2) is 23.9 Å². The van der Waals surface area contributed by atoms with Crippen molar-refractivity contribution in [3.05, 3.63) is 35.4 Å². The van der Waals surface area contributed by atoms with Crippen molar-refractivity contribution in [2.24, 2.45) is 0 Å². The predicted octanol–water partition coefficient (Wildman–Crippen LogP) is 2.13. The zero-order valence-corrected chi connectivity index (χ0v) is 8.88. The highest BCUT2D eigenvalue weighted by atomic mass is 19.1. The molecule has 2 nitrogen and oxygen atoms in total. The Labute approximate surface area is 92.9 Å². The molecular weight excluding hydrogens is 212 g/mol. The Morgan fingerprint density at radius 1 is 1.25 bits per heavy atom. The fraction of sp³-hybridized carbons (Fsp3) is 0.417. The van der Waals surface area contributed by atoms with Crippen LogP contribution in [0.25, 0.3) is 0 Å². The van der Waals surface area contributed by atoms with Gasteiger partial charge < -0.3 is 4.90 Å². The van der Waals surface area contributed by atoms with Gasteiger partial charge >= 0.3 is 0 Å². The van der Waals surface area contributed by atoms with E-state index in [4.69, 9.17) is 0 Å². The Balaban J connectivity index is 2.05. The Hall–Kier alpha value is -1.45. The van der Waals surface area contributed by atoms with Crippen LogP contribution in [0.4, 0.5) is 8.78 Å². The lowest BCUT2D eigenvalue weighted by Gasteiger charge is -2.15. The summed E-state index contributed by atoms with van der Waals surface area (Å²) >= 11 is 0. The quantitative estimate of drug-likeness (QED) is 0.755. The molecule has 1 heterocycles. The number of benzene rings is 1. The summed E-state index contributed by atoms with van der Waals surface area (Å²) in [5, 5.41) is 0. The molecule has 0 aliphatic carbocycles. The molecule has 86 valence electrons. The van der Waals surface area contributed by atoms with E-state index in [2.05, 4.69) is 0 Å². The number of amides is 1. The first kappa shape index (κ1) is 11.0. The second-order valence-electron chi connectivity index (χ2n) is 4.00. The molecule has 16 heavy (non-hydrogen) atoms. The van der Waals surface area contributed by atoms with Crippen molar-refractivity contribution >= 4 is 5.91 Å². The van der Waals surface area contributed by atoms with E-state index in [9.17, 15) is 13.6 Å². The molecule has 1 fully saturated rings. The zero-order chi connectivity index (χ0) is 11.5. The predicted molar refractivity (Wildman–Crippen MR) is 55.9 cm³/mol. The number of likely N-dealkylation sites (tertiary alicyclic amines) is 1. The lowest BCUT2D eigenvalue weighted by molar-refractivity contribution is -0.129. The lowest BCUT2D eigenvalue weighted by atomic mass is 10.1. The van der Waals surface area contributed by atoms with E-state index in [1.165, 1.54) is 12.1 Å². The normalized spacial score (nSPS) is 15.5. The summed E-state index contributed by atoms with van der Waals surface area (Å²) in [4.78, 5) is 13.4. The Bertz CT molecular complexity index is 400. The van der Waals surface area contributed by atoms with E-state index in [0.29, 0.717) is 0 Å². The van der Waals surface area contributed by atoms with Gasteiger partial charge in [0.2, 0.25) is 5.91 Å². The van der Waals surface area contributed by atoms with Gasteiger partial charge in [0, 0.05) is 19.2 Å². The second kappa shape index (κ2) is 4.60. The molecule has 1 aliphatic rings. The smallest absolute Gasteiger partial charge is 0.227 e. The van der Waals surface area contributed by atoms with Gasteiger partial charge in [-0.05, 0) is 24.5 Å². The molecule has 1 amide bonds. The third-order valence-electron chi connectivity index (χ3n) is 2.82. The topological polar surface area (TPSA) is 20.3 Å². The van der Waals surface area contributed by atoms with Crippen molar-refractivity contribution in [2.45, 2.75) is 19.3 Å². The van der Waals surface area contributed by atoms with Crippen LogP contribution in [0, 0.1) is 11.6 Å². The molecule has 0 radical (unpaired) electrons. The first-order chi connectivity index (χ1) is 7.66. The number of carbonyl (C=O) groups is 1. The molecule has 1 aliphatic heterocycles. The van der Waals surface area contributed by atoms with Gasteiger partial charge in [-0.3, -0.25) is 4.79 Å². The summed E-state index contributed by atoms with van der Waals surface area (Å²) in [7, 11) is 0. The van der Waals surface area contributed by atoms with Crippen LogP contribution in [0.1, 0.15) is 18.4 Å². The van der Waals surface area contributed by atoms with Crippen LogP contribution in [0.3, 0.4) is 0 Å². The van der Waals surface area contributed by atoms with Crippen molar-refractivity contribution in [3.8, 4) is 0 Å². The van der Waals surface area contributed by atoms with E-state index in [0.717, 1.165) is 32.0 Å². The largest absolute Gasteiger partial charge is 0.342 e. The van der Waals surface area contributed by atoms with Gasteiger partial charge in [0.1, 0.15) is 11.6 Å². The highest BCUT2D eigenvalue weighted by Crippen LogP contribution is 2.14. The van der Waals surface area contributed by atoms with Gasteiger partial charge in [-0.25, -0.2) is 8.78 Å². The van der Waals surface area contributed by atoms with Crippen LogP contribution >= 0.6 is 0 Å². The van der Waals surface area contributed by atoms with Crippen LogP contribution in [-0.2, 0) is 11.2 Å². The monoisotopic (exact) mass is 225 g/mol. The Morgan fingerprint density at radius 2 is 1.94 bits per heavy atom. The minimum absolute atomic E-state index is 0.0200. The molecule has 1 aromatic carbocycles. The average molecular weight is 225 g/mol. The van der Waals surface area contributed by atoms with Crippen molar-refractivity contribution < 1.29 is 13.6 Å². The number of hydrogen-bond acceptors (Lipinski definition) is 1. The van der Waals surface area contributed by atoms with E-state index in [1.54, 1.807) is 4.90 Å². The molecule has 0 spiro atoms. The number of halogens is 2. The highest BCUT2D eigenvalue weighted by Gasteiger charge is 2.19. The molecule has 1 aromatic rings. The summed E-state index contributed by atoms with van der Waals surface area (Å²) in [6.07, 6.45) is 2.04. The Morgan fingerprint density at radius 3 is 2.56 bits per heavy atom. The molecule has 0 unspecified atom stereocenters. The average Bonchev–Trinajstić information content (AvgIpc) is 2.75. The first-order valence-corrected chi connectivity index (χ1v) is 5.38. The van der Waals surface area contributed by atoms with Gasteiger partial charge in [-0.2, -0.15) is 0 Å².